The van der Waals surface area contributed by atoms with Crippen molar-refractivity contribution in [3.8, 4) is 17.2 Å². The molecule has 44 heavy (non-hydrogen) atoms. The molecule has 3 aromatic rings. The Hall–Kier alpha value is -4.25. The number of benzene rings is 3. The average Bonchev–Trinajstić information content (AvgIpc) is 3.02. The molecule has 0 bridgehead atoms. The van der Waals surface area contributed by atoms with Crippen molar-refractivity contribution in [1.82, 2.24) is 10.2 Å². The molecule has 3 rings (SSSR count). The normalized spacial score (nSPS) is 11.9. The number of anilines is 1. The van der Waals surface area contributed by atoms with Crippen molar-refractivity contribution in [2.24, 2.45) is 0 Å². The first-order valence-corrected chi connectivity index (χ1v) is 16.1. The number of ether oxygens (including phenoxy) is 3. The number of nitrogens with one attached hydrogen (secondary N) is 1. The Bertz CT molecular complexity index is 1480. The molecule has 0 heterocycles. The summed E-state index contributed by atoms with van der Waals surface area (Å²) < 4.78 is 45.7. The van der Waals surface area contributed by atoms with Gasteiger partial charge in [-0.15, -0.1) is 0 Å². The molecule has 0 saturated carbocycles. The molecule has 0 unspecified atom stereocenters. The molecule has 0 aliphatic rings. The molecule has 0 spiro atoms. The zero-order chi connectivity index (χ0) is 32.3. The van der Waals surface area contributed by atoms with Gasteiger partial charge in [0.25, 0.3) is 10.0 Å². The fourth-order valence-electron chi connectivity index (χ4n) is 4.78. The van der Waals surface area contributed by atoms with Crippen LogP contribution in [0, 0.1) is 0 Å². The minimum Gasteiger partial charge on any atom is -0.494 e. The number of rotatable bonds is 16. The number of carbonyl (C=O) groups is 2. The van der Waals surface area contributed by atoms with Gasteiger partial charge in [-0.3, -0.25) is 13.9 Å². The van der Waals surface area contributed by atoms with E-state index in [4.69, 9.17) is 14.2 Å². The predicted molar refractivity (Wildman–Crippen MR) is 171 cm³/mol. The summed E-state index contributed by atoms with van der Waals surface area (Å²) in [6.07, 6.45) is 0.841. The Labute approximate surface area is 261 Å². The first-order valence-electron chi connectivity index (χ1n) is 14.7. The van der Waals surface area contributed by atoms with Gasteiger partial charge in [0.1, 0.15) is 18.3 Å². The van der Waals surface area contributed by atoms with E-state index in [-0.39, 0.29) is 34.8 Å². The van der Waals surface area contributed by atoms with Crippen molar-refractivity contribution >= 4 is 27.5 Å². The summed E-state index contributed by atoms with van der Waals surface area (Å²) in [6, 6.07) is 19.5. The molecule has 0 saturated heterocycles. The first-order chi connectivity index (χ1) is 21.0. The fraction of sp³-hybridized carbons (Fsp3) is 0.394. The first kappa shape index (κ1) is 34.2. The van der Waals surface area contributed by atoms with Gasteiger partial charge in [-0.2, -0.15) is 0 Å². The zero-order valence-electron chi connectivity index (χ0n) is 26.3. The van der Waals surface area contributed by atoms with Crippen molar-refractivity contribution in [1.29, 1.82) is 0 Å². The van der Waals surface area contributed by atoms with Crippen molar-refractivity contribution in [2.45, 2.75) is 57.5 Å². The largest absolute Gasteiger partial charge is 0.494 e. The van der Waals surface area contributed by atoms with E-state index in [0.717, 1.165) is 9.87 Å². The van der Waals surface area contributed by atoms with Gasteiger partial charge in [-0.05, 0) is 75.6 Å². The molecule has 1 atom stereocenters. The van der Waals surface area contributed by atoms with E-state index < -0.39 is 28.5 Å². The van der Waals surface area contributed by atoms with Gasteiger partial charge in [0, 0.05) is 18.7 Å². The number of carbonyl (C=O) groups excluding carboxylic acids is 2. The Kier molecular flexibility index (Phi) is 12.5. The molecule has 0 fully saturated rings. The summed E-state index contributed by atoms with van der Waals surface area (Å²) in [7, 11) is -1.42. The molecule has 238 valence electrons. The summed E-state index contributed by atoms with van der Waals surface area (Å²) in [5.41, 5.74) is 1.25. The van der Waals surface area contributed by atoms with Crippen molar-refractivity contribution in [3.63, 3.8) is 0 Å². The second kappa shape index (κ2) is 16.0. The number of sulfonamides is 1. The monoisotopic (exact) mass is 625 g/mol. The third-order valence-electron chi connectivity index (χ3n) is 6.96. The molecule has 2 amide bonds. The van der Waals surface area contributed by atoms with E-state index >= 15 is 0 Å². The molecule has 3 aromatic carbocycles. The van der Waals surface area contributed by atoms with E-state index in [1.54, 1.807) is 24.3 Å². The maximum atomic E-state index is 14.2. The third-order valence-corrected chi connectivity index (χ3v) is 8.73. The lowest BCUT2D eigenvalue weighted by Crippen LogP contribution is -2.54. The SMILES string of the molecule is CCOc1ccc(N(CC(=O)N(CCc2ccccc2)[C@H](CC)C(=O)NC(C)C)S(=O)(=O)c2ccc(OC)c(OC)c2)cc1. The number of nitrogens with zero attached hydrogens (tertiary/aromatic N) is 2. The van der Waals surface area contributed by atoms with Crippen LogP contribution in [-0.2, 0) is 26.0 Å². The smallest absolute Gasteiger partial charge is 0.264 e. The number of methoxy groups -OCH3 is 2. The van der Waals surface area contributed by atoms with Crippen LogP contribution in [0.25, 0.3) is 0 Å². The third kappa shape index (κ3) is 8.66. The van der Waals surface area contributed by atoms with Crippen LogP contribution in [0.1, 0.15) is 39.7 Å². The Morgan fingerprint density at radius 3 is 2.11 bits per heavy atom. The van der Waals surface area contributed by atoms with Gasteiger partial charge >= 0.3 is 0 Å². The highest BCUT2D eigenvalue weighted by Crippen LogP contribution is 2.33. The highest BCUT2D eigenvalue weighted by Gasteiger charge is 2.34. The van der Waals surface area contributed by atoms with Crippen LogP contribution in [0.15, 0.2) is 77.7 Å². The summed E-state index contributed by atoms with van der Waals surface area (Å²) in [5.74, 6) is 0.354. The van der Waals surface area contributed by atoms with Gasteiger partial charge in [0.2, 0.25) is 11.8 Å². The van der Waals surface area contributed by atoms with Crippen LogP contribution >= 0.6 is 0 Å². The quantitative estimate of drug-likeness (QED) is 0.246. The minimum absolute atomic E-state index is 0.0859. The topological polar surface area (TPSA) is 114 Å². The van der Waals surface area contributed by atoms with E-state index in [0.29, 0.717) is 30.9 Å². The molecule has 0 aliphatic carbocycles. The number of hydrogen-bond donors (Lipinski definition) is 1. The lowest BCUT2D eigenvalue weighted by molar-refractivity contribution is -0.139. The second-order valence-electron chi connectivity index (χ2n) is 10.4. The van der Waals surface area contributed by atoms with Crippen LogP contribution in [0.2, 0.25) is 0 Å². The van der Waals surface area contributed by atoms with Crippen LogP contribution in [0.4, 0.5) is 5.69 Å². The molecular formula is C33H43N3O7S. The summed E-state index contributed by atoms with van der Waals surface area (Å²) in [6.45, 7) is 7.51. The van der Waals surface area contributed by atoms with Crippen LogP contribution < -0.4 is 23.8 Å². The van der Waals surface area contributed by atoms with E-state index in [1.807, 2.05) is 58.0 Å². The Morgan fingerprint density at radius 2 is 1.55 bits per heavy atom. The molecule has 0 aliphatic heterocycles. The highest BCUT2D eigenvalue weighted by molar-refractivity contribution is 7.92. The number of hydrogen-bond acceptors (Lipinski definition) is 7. The Morgan fingerprint density at radius 1 is 0.886 bits per heavy atom. The Balaban J connectivity index is 2.07. The minimum atomic E-state index is -4.30. The maximum Gasteiger partial charge on any atom is 0.264 e. The molecular weight excluding hydrogens is 582 g/mol. The lowest BCUT2D eigenvalue weighted by Gasteiger charge is -2.33. The average molecular weight is 626 g/mol. The molecule has 1 N–H and O–H groups in total. The zero-order valence-corrected chi connectivity index (χ0v) is 27.1. The van der Waals surface area contributed by atoms with Crippen LogP contribution in [-0.4, -0.2) is 71.1 Å². The summed E-state index contributed by atoms with van der Waals surface area (Å²) in [5, 5.41) is 2.91. The molecule has 10 nitrogen and oxygen atoms in total. The predicted octanol–water partition coefficient (Wildman–Crippen LogP) is 4.67. The summed E-state index contributed by atoms with van der Waals surface area (Å²) >= 11 is 0. The van der Waals surface area contributed by atoms with Crippen molar-refractivity contribution in [2.75, 3.05) is 38.2 Å². The van der Waals surface area contributed by atoms with E-state index in [9.17, 15) is 18.0 Å². The number of amides is 2. The lowest BCUT2D eigenvalue weighted by atomic mass is 10.1. The van der Waals surface area contributed by atoms with Crippen LogP contribution in [0.3, 0.4) is 0 Å². The second-order valence-corrected chi connectivity index (χ2v) is 12.2. The van der Waals surface area contributed by atoms with Gasteiger partial charge in [-0.25, -0.2) is 8.42 Å². The molecule has 11 heteroatoms. The van der Waals surface area contributed by atoms with E-state index in [2.05, 4.69) is 5.32 Å². The van der Waals surface area contributed by atoms with Crippen molar-refractivity contribution in [3.05, 3.63) is 78.4 Å². The molecule has 0 radical (unpaired) electrons. The standard InChI is InChI=1S/C33H43N3O7S/c1-7-29(33(38)34-24(3)4)35(21-20-25-12-10-9-11-13-25)32(37)23-36(26-14-16-27(17-15-26)43-8-2)44(39,40)28-18-19-30(41-5)31(22-28)42-6/h9-19,22,24,29H,7-8,20-21,23H2,1-6H3,(H,34,38)/t29-/m1/s1. The van der Waals surface area contributed by atoms with E-state index in [1.165, 1.54) is 37.3 Å². The maximum absolute atomic E-state index is 14.2. The molecule has 0 aromatic heterocycles. The van der Waals surface area contributed by atoms with Gasteiger partial charge in [0.15, 0.2) is 11.5 Å². The van der Waals surface area contributed by atoms with Gasteiger partial charge in [0.05, 0.1) is 31.4 Å². The van der Waals surface area contributed by atoms with Crippen molar-refractivity contribution < 1.29 is 32.2 Å². The van der Waals surface area contributed by atoms with Gasteiger partial charge in [-0.1, -0.05) is 37.3 Å². The van der Waals surface area contributed by atoms with Crippen LogP contribution in [0.5, 0.6) is 17.2 Å². The van der Waals surface area contributed by atoms with Gasteiger partial charge < -0.3 is 24.4 Å². The fourth-order valence-corrected chi connectivity index (χ4v) is 6.21. The highest BCUT2D eigenvalue weighted by atomic mass is 32.2. The summed E-state index contributed by atoms with van der Waals surface area (Å²) in [4.78, 5) is 28.8.